The van der Waals surface area contributed by atoms with Gasteiger partial charge in [-0.05, 0) is 51.7 Å². The van der Waals surface area contributed by atoms with Gasteiger partial charge in [0.2, 0.25) is 0 Å². The van der Waals surface area contributed by atoms with Crippen molar-refractivity contribution in [3.05, 3.63) is 35.4 Å². The number of β-amino-alcohol motifs (C(OH)–C–C–N with tert-alkyl or cyclic N) is 1. The largest absolute Gasteiger partial charge is 0.444 e. The smallest absolute Gasteiger partial charge is 0.407 e. The number of hydrogen-bond donors (Lipinski definition) is 3. The van der Waals surface area contributed by atoms with Gasteiger partial charge in [0, 0.05) is 39.3 Å². The lowest BCUT2D eigenvalue weighted by atomic mass is 10.00. The van der Waals surface area contributed by atoms with Gasteiger partial charge in [0.1, 0.15) is 5.60 Å². The Kier molecular flexibility index (Phi) is 10.7. The lowest BCUT2D eigenvalue weighted by Crippen LogP contribution is -2.44. The van der Waals surface area contributed by atoms with Crippen molar-refractivity contribution >= 4 is 36.0 Å². The van der Waals surface area contributed by atoms with E-state index in [0.717, 1.165) is 45.0 Å². The molecule has 33 heavy (non-hydrogen) atoms. The van der Waals surface area contributed by atoms with E-state index in [1.807, 2.05) is 27.7 Å². The number of carbonyl (C=O) groups is 1. The van der Waals surface area contributed by atoms with E-state index < -0.39 is 11.7 Å². The second-order valence-electron chi connectivity index (χ2n) is 9.68. The number of halogens is 1. The molecule has 0 saturated carbocycles. The zero-order chi connectivity index (χ0) is 23.1. The van der Waals surface area contributed by atoms with Gasteiger partial charge < -0.3 is 25.4 Å². The van der Waals surface area contributed by atoms with E-state index in [9.17, 15) is 9.90 Å². The minimum Gasteiger partial charge on any atom is -0.444 e. The number of hydrogen-bond acceptors (Lipinski definition) is 5. The van der Waals surface area contributed by atoms with E-state index >= 15 is 0 Å². The van der Waals surface area contributed by atoms with E-state index in [1.165, 1.54) is 11.1 Å². The maximum atomic E-state index is 12.1. The van der Waals surface area contributed by atoms with Crippen molar-refractivity contribution in [3.63, 3.8) is 0 Å². The van der Waals surface area contributed by atoms with Crippen molar-refractivity contribution in [1.29, 1.82) is 0 Å². The monoisotopic (exact) mass is 573 g/mol. The number of benzene rings is 1. The van der Waals surface area contributed by atoms with Crippen LogP contribution in [0.4, 0.5) is 4.79 Å². The lowest BCUT2D eigenvalue weighted by molar-refractivity contribution is 0.0507. The summed E-state index contributed by atoms with van der Waals surface area (Å²) in [5.74, 6) is 0.782. The molecule has 0 aliphatic carbocycles. The molecular formula is C24H40IN5O3. The summed E-state index contributed by atoms with van der Waals surface area (Å²) >= 11 is 0. The molecule has 186 valence electrons. The van der Waals surface area contributed by atoms with Crippen LogP contribution in [0.25, 0.3) is 0 Å². The first kappa shape index (κ1) is 27.7. The molecule has 1 aromatic rings. The van der Waals surface area contributed by atoms with Gasteiger partial charge in [-0.15, -0.1) is 24.0 Å². The van der Waals surface area contributed by atoms with Crippen LogP contribution in [0.5, 0.6) is 0 Å². The Bertz CT molecular complexity index is 799. The van der Waals surface area contributed by atoms with E-state index in [1.54, 1.807) is 0 Å². The van der Waals surface area contributed by atoms with Crippen LogP contribution in [-0.4, -0.2) is 84.0 Å². The van der Waals surface area contributed by atoms with Crippen molar-refractivity contribution < 1.29 is 14.6 Å². The summed E-state index contributed by atoms with van der Waals surface area (Å²) in [4.78, 5) is 21.2. The molecule has 0 aromatic heterocycles. The first-order chi connectivity index (χ1) is 15.2. The second-order valence-corrected chi connectivity index (χ2v) is 9.68. The molecule has 1 aromatic carbocycles. The highest BCUT2D eigenvalue weighted by Crippen LogP contribution is 2.18. The van der Waals surface area contributed by atoms with Crippen LogP contribution in [0.2, 0.25) is 0 Å². The van der Waals surface area contributed by atoms with Gasteiger partial charge in [0.05, 0.1) is 18.7 Å². The summed E-state index contributed by atoms with van der Waals surface area (Å²) in [5.41, 5.74) is 2.25. The third-order valence-electron chi connectivity index (χ3n) is 5.67. The lowest BCUT2D eigenvalue weighted by Gasteiger charge is -2.30. The number of ether oxygens (including phenoxy) is 1. The zero-order valence-corrected chi connectivity index (χ0v) is 22.7. The molecule has 2 atom stereocenters. The van der Waals surface area contributed by atoms with Crippen molar-refractivity contribution in [1.82, 2.24) is 20.4 Å². The molecule has 2 heterocycles. The quantitative estimate of drug-likeness (QED) is 0.276. The molecule has 2 unspecified atom stereocenters. The highest BCUT2D eigenvalue weighted by molar-refractivity contribution is 14.0. The zero-order valence-electron chi connectivity index (χ0n) is 20.3. The number of nitrogens with one attached hydrogen (secondary N) is 2. The number of aliphatic imine (C=N–C) groups is 1. The Balaban J connectivity index is 0.00000385. The normalized spacial score (nSPS) is 20.0. The summed E-state index contributed by atoms with van der Waals surface area (Å²) in [6.45, 7) is 12.6. The maximum absolute atomic E-state index is 12.1. The fraction of sp³-hybridized carbons (Fsp3) is 0.667. The van der Waals surface area contributed by atoms with Gasteiger partial charge in [-0.25, -0.2) is 4.79 Å². The number of rotatable bonds is 6. The third-order valence-corrected chi connectivity index (χ3v) is 5.67. The first-order valence-corrected chi connectivity index (χ1v) is 11.7. The molecule has 2 aliphatic heterocycles. The predicted molar refractivity (Wildman–Crippen MR) is 142 cm³/mol. The van der Waals surface area contributed by atoms with Crippen LogP contribution in [0.3, 0.4) is 0 Å². The Labute approximate surface area is 215 Å². The standard InChI is InChI=1S/C24H39N5O3.HI/c1-5-25-22(29-13-11-20(16-29)27-23(31)32-24(2,3)4)26-14-21(30)17-28-12-10-18-8-6-7-9-19(18)15-28;/h6-9,20-21,30H,5,10-17H2,1-4H3,(H,25,26)(H,27,31);1H. The molecule has 8 nitrogen and oxygen atoms in total. The summed E-state index contributed by atoms with van der Waals surface area (Å²) < 4.78 is 5.36. The summed E-state index contributed by atoms with van der Waals surface area (Å²) in [6, 6.07) is 8.55. The Morgan fingerprint density at radius 1 is 1.27 bits per heavy atom. The number of aliphatic hydroxyl groups excluding tert-OH is 1. The van der Waals surface area contributed by atoms with Gasteiger partial charge >= 0.3 is 6.09 Å². The molecule has 9 heteroatoms. The van der Waals surface area contributed by atoms with E-state index in [4.69, 9.17) is 4.74 Å². The van der Waals surface area contributed by atoms with Crippen molar-refractivity contribution in [2.45, 2.75) is 64.8 Å². The number of nitrogens with zero attached hydrogens (tertiary/aromatic N) is 3. The van der Waals surface area contributed by atoms with Gasteiger partial charge in [0.15, 0.2) is 5.96 Å². The van der Waals surface area contributed by atoms with Gasteiger partial charge in [0.25, 0.3) is 0 Å². The molecule has 0 radical (unpaired) electrons. The van der Waals surface area contributed by atoms with Gasteiger partial charge in [-0.2, -0.15) is 0 Å². The number of amides is 1. The molecule has 0 spiro atoms. The average molecular weight is 574 g/mol. The topological polar surface area (TPSA) is 89.4 Å². The fourth-order valence-electron chi connectivity index (χ4n) is 4.23. The molecule has 2 aliphatic rings. The first-order valence-electron chi connectivity index (χ1n) is 11.7. The van der Waals surface area contributed by atoms with E-state index in [2.05, 4.69) is 49.7 Å². The summed E-state index contributed by atoms with van der Waals surface area (Å²) in [6.07, 6.45) is 0.950. The molecule has 1 saturated heterocycles. The Hall–Kier alpha value is -1.59. The van der Waals surface area contributed by atoms with Gasteiger partial charge in [-0.3, -0.25) is 9.89 Å². The van der Waals surface area contributed by atoms with Crippen molar-refractivity contribution in [2.24, 2.45) is 4.99 Å². The van der Waals surface area contributed by atoms with Crippen molar-refractivity contribution in [2.75, 3.05) is 39.3 Å². The number of guanidine groups is 1. The number of aliphatic hydroxyl groups is 1. The van der Waals surface area contributed by atoms with Crippen LogP contribution in [-0.2, 0) is 17.7 Å². The number of likely N-dealkylation sites (tertiary alicyclic amines) is 1. The molecular weight excluding hydrogens is 533 g/mol. The number of fused-ring (bicyclic) bond motifs is 1. The Morgan fingerprint density at radius 2 is 2.00 bits per heavy atom. The maximum Gasteiger partial charge on any atom is 0.407 e. The minimum absolute atomic E-state index is 0. The molecule has 0 bridgehead atoms. The number of carbonyl (C=O) groups excluding carboxylic acids is 1. The third kappa shape index (κ3) is 8.94. The predicted octanol–water partition coefficient (Wildman–Crippen LogP) is 2.59. The van der Waals surface area contributed by atoms with Crippen molar-refractivity contribution in [3.8, 4) is 0 Å². The van der Waals surface area contributed by atoms with Crippen LogP contribution in [0.1, 0.15) is 45.2 Å². The average Bonchev–Trinajstić information content (AvgIpc) is 3.17. The highest BCUT2D eigenvalue weighted by atomic mass is 127. The molecule has 3 N–H and O–H groups in total. The minimum atomic E-state index is -0.521. The summed E-state index contributed by atoms with van der Waals surface area (Å²) in [5, 5.41) is 16.9. The van der Waals surface area contributed by atoms with Crippen LogP contribution >= 0.6 is 24.0 Å². The highest BCUT2D eigenvalue weighted by Gasteiger charge is 2.28. The molecule has 1 fully saturated rings. The molecule has 3 rings (SSSR count). The van der Waals surface area contributed by atoms with Crippen LogP contribution < -0.4 is 10.6 Å². The molecule has 1 amide bonds. The number of alkyl carbamates (subject to hydrolysis) is 1. The fourth-order valence-corrected chi connectivity index (χ4v) is 4.23. The van der Waals surface area contributed by atoms with E-state index in [-0.39, 0.29) is 36.1 Å². The van der Waals surface area contributed by atoms with Crippen LogP contribution in [0.15, 0.2) is 29.3 Å². The Morgan fingerprint density at radius 3 is 2.70 bits per heavy atom. The van der Waals surface area contributed by atoms with Gasteiger partial charge in [-0.1, -0.05) is 24.3 Å². The SMILES string of the molecule is CCNC(=NCC(O)CN1CCc2ccccc2C1)N1CCC(NC(=O)OC(C)(C)C)C1.I. The summed E-state index contributed by atoms with van der Waals surface area (Å²) in [7, 11) is 0. The second kappa shape index (κ2) is 12.8. The van der Waals surface area contributed by atoms with E-state index in [0.29, 0.717) is 19.6 Å². The van der Waals surface area contributed by atoms with Crippen LogP contribution in [0, 0.1) is 0 Å².